The first kappa shape index (κ1) is 20.0. The zero-order chi connectivity index (χ0) is 23.6. The van der Waals surface area contributed by atoms with Crippen molar-refractivity contribution in [3.8, 4) is 0 Å². The van der Waals surface area contributed by atoms with Crippen LogP contribution in [0.25, 0.3) is 21.5 Å². The number of hydrogen-bond acceptors (Lipinski definition) is 5. The van der Waals surface area contributed by atoms with E-state index in [1.807, 2.05) is 24.3 Å². The van der Waals surface area contributed by atoms with E-state index in [2.05, 4.69) is 10.9 Å². The van der Waals surface area contributed by atoms with Gasteiger partial charge in [-0.2, -0.15) is 10.0 Å². The lowest BCUT2D eigenvalue weighted by Gasteiger charge is -2.31. The van der Waals surface area contributed by atoms with Crippen LogP contribution in [0.3, 0.4) is 0 Å². The average molecular weight is 466 g/mol. The van der Waals surface area contributed by atoms with Crippen LogP contribution in [-0.4, -0.2) is 38.8 Å². The van der Waals surface area contributed by atoms with Gasteiger partial charge in [-0.15, -0.1) is 0 Å². The van der Waals surface area contributed by atoms with Crippen LogP contribution in [0.2, 0.25) is 0 Å². The van der Waals surface area contributed by atoms with E-state index in [0.717, 1.165) is 20.8 Å². The van der Waals surface area contributed by atoms with Crippen molar-refractivity contribution >= 4 is 62.5 Å². The number of carbonyl (C=O) groups excluding carboxylic acids is 4. The van der Waals surface area contributed by atoms with Crippen LogP contribution in [0.15, 0.2) is 72.8 Å². The molecule has 0 fully saturated rings. The topological polar surface area (TPSA) is 98.8 Å². The molecule has 0 atom stereocenters. The molecule has 0 radical (unpaired) electrons. The van der Waals surface area contributed by atoms with Crippen LogP contribution >= 0.6 is 12.2 Å². The molecule has 4 aromatic rings. The Morgan fingerprint density at radius 1 is 0.529 bits per heavy atom. The first-order valence-corrected chi connectivity index (χ1v) is 10.7. The number of amides is 4. The van der Waals surface area contributed by atoms with Crippen LogP contribution in [0.4, 0.5) is 0 Å². The summed E-state index contributed by atoms with van der Waals surface area (Å²) in [5.41, 5.74) is 6.46. The third-order valence-corrected chi connectivity index (χ3v) is 6.15. The van der Waals surface area contributed by atoms with Crippen LogP contribution in [-0.2, 0) is 0 Å². The van der Waals surface area contributed by atoms with Crippen LogP contribution < -0.4 is 10.9 Å². The molecule has 8 nitrogen and oxygen atoms in total. The predicted octanol–water partition coefficient (Wildman–Crippen LogP) is 3.18. The lowest BCUT2D eigenvalue weighted by molar-refractivity contribution is 0.0545. The molecule has 2 heterocycles. The molecule has 0 saturated carbocycles. The smallest absolute Gasteiger partial charge is 0.267 e. The predicted molar refractivity (Wildman–Crippen MR) is 128 cm³/mol. The highest BCUT2D eigenvalue weighted by Gasteiger charge is 2.36. The van der Waals surface area contributed by atoms with E-state index in [4.69, 9.17) is 12.2 Å². The van der Waals surface area contributed by atoms with Crippen LogP contribution in [0.1, 0.15) is 41.4 Å². The largest absolute Gasteiger partial charge is 0.280 e. The van der Waals surface area contributed by atoms with Gasteiger partial charge in [0.25, 0.3) is 23.6 Å². The minimum atomic E-state index is -0.593. The molecule has 0 spiro atoms. The van der Waals surface area contributed by atoms with Crippen molar-refractivity contribution in [2.45, 2.75) is 0 Å². The summed E-state index contributed by atoms with van der Waals surface area (Å²) < 4.78 is 0. The fourth-order valence-electron chi connectivity index (χ4n) is 4.49. The monoisotopic (exact) mass is 466 g/mol. The number of thiocarbonyl (C=S) groups is 1. The van der Waals surface area contributed by atoms with Gasteiger partial charge in [-0.25, -0.2) is 0 Å². The fraction of sp³-hybridized carbons (Fsp3) is 0. The summed E-state index contributed by atoms with van der Waals surface area (Å²) >= 11 is 5.27. The van der Waals surface area contributed by atoms with Crippen molar-refractivity contribution in [2.75, 3.05) is 0 Å². The molecule has 2 aliphatic rings. The van der Waals surface area contributed by atoms with E-state index in [1.165, 1.54) is 0 Å². The first-order chi connectivity index (χ1) is 16.5. The number of hydrogen-bond donors (Lipinski definition) is 2. The maximum atomic E-state index is 13.1. The van der Waals surface area contributed by atoms with E-state index in [9.17, 15) is 19.2 Å². The number of nitrogens with one attached hydrogen (secondary N) is 2. The Hall–Kier alpha value is -4.63. The van der Waals surface area contributed by atoms with Gasteiger partial charge in [-0.1, -0.05) is 48.5 Å². The van der Waals surface area contributed by atoms with Gasteiger partial charge in [0, 0.05) is 10.8 Å². The molecule has 0 unspecified atom stereocenters. The van der Waals surface area contributed by atoms with E-state index in [1.54, 1.807) is 48.5 Å². The van der Waals surface area contributed by atoms with Gasteiger partial charge in [0.05, 0.1) is 22.3 Å². The normalized spacial score (nSPS) is 14.7. The summed E-state index contributed by atoms with van der Waals surface area (Å²) in [6, 6.07) is 20.7. The number of imide groups is 2. The minimum absolute atomic E-state index is 0.262. The maximum Gasteiger partial charge on any atom is 0.280 e. The second-order valence-electron chi connectivity index (χ2n) is 7.86. The number of carbonyl (C=O) groups is 4. The molecule has 9 heteroatoms. The zero-order valence-corrected chi connectivity index (χ0v) is 18.2. The Labute approximate surface area is 197 Å². The summed E-state index contributed by atoms with van der Waals surface area (Å²) in [6.45, 7) is 0. The third-order valence-electron chi connectivity index (χ3n) is 5.97. The second-order valence-corrected chi connectivity index (χ2v) is 8.27. The van der Waals surface area contributed by atoms with Gasteiger partial charge in [0.2, 0.25) is 5.11 Å². The van der Waals surface area contributed by atoms with Crippen molar-refractivity contribution in [1.82, 2.24) is 20.9 Å². The van der Waals surface area contributed by atoms with E-state index >= 15 is 0 Å². The summed E-state index contributed by atoms with van der Waals surface area (Å²) in [6.07, 6.45) is 0. The summed E-state index contributed by atoms with van der Waals surface area (Å²) in [5.74, 6) is -2.37. The van der Waals surface area contributed by atoms with Gasteiger partial charge in [-0.05, 0) is 47.3 Å². The summed E-state index contributed by atoms with van der Waals surface area (Å²) in [4.78, 5) is 52.3. The highest BCUT2D eigenvalue weighted by molar-refractivity contribution is 7.80. The van der Waals surface area contributed by atoms with E-state index in [-0.39, 0.29) is 5.11 Å². The fourth-order valence-corrected chi connectivity index (χ4v) is 4.67. The highest BCUT2D eigenvalue weighted by Crippen LogP contribution is 2.30. The van der Waals surface area contributed by atoms with Crippen molar-refractivity contribution in [3.05, 3.63) is 95.1 Å². The molecule has 4 aromatic carbocycles. The molecular weight excluding hydrogens is 452 g/mol. The Morgan fingerprint density at radius 2 is 0.824 bits per heavy atom. The highest BCUT2D eigenvalue weighted by atomic mass is 32.1. The number of nitrogens with zero attached hydrogens (tertiary/aromatic N) is 2. The summed E-state index contributed by atoms with van der Waals surface area (Å²) in [7, 11) is 0. The zero-order valence-electron chi connectivity index (χ0n) is 17.4. The molecule has 0 aliphatic carbocycles. The van der Waals surface area contributed by atoms with Crippen molar-refractivity contribution < 1.29 is 19.2 Å². The molecular formula is C25H14N4O4S. The van der Waals surface area contributed by atoms with Crippen LogP contribution in [0, 0.1) is 0 Å². The van der Waals surface area contributed by atoms with E-state index in [0.29, 0.717) is 33.0 Å². The molecule has 4 amide bonds. The van der Waals surface area contributed by atoms with Gasteiger partial charge in [0.1, 0.15) is 0 Å². The number of hydrazine groups is 2. The molecule has 0 bridgehead atoms. The lowest BCUT2D eigenvalue weighted by atomic mass is 9.95. The van der Waals surface area contributed by atoms with Crippen molar-refractivity contribution in [2.24, 2.45) is 0 Å². The van der Waals surface area contributed by atoms with Gasteiger partial charge in [-0.3, -0.25) is 30.0 Å². The number of benzene rings is 4. The van der Waals surface area contributed by atoms with Gasteiger partial charge >= 0.3 is 0 Å². The third kappa shape index (κ3) is 2.74. The second kappa shape index (κ2) is 7.19. The van der Waals surface area contributed by atoms with Gasteiger partial charge in [0.15, 0.2) is 0 Å². The Kier molecular flexibility index (Phi) is 4.23. The Balaban J connectivity index is 1.29. The molecule has 164 valence electrons. The van der Waals surface area contributed by atoms with E-state index < -0.39 is 23.6 Å². The molecule has 34 heavy (non-hydrogen) atoms. The molecule has 0 saturated heterocycles. The average Bonchev–Trinajstić information content (AvgIpc) is 2.86. The van der Waals surface area contributed by atoms with Crippen molar-refractivity contribution in [1.29, 1.82) is 0 Å². The Morgan fingerprint density at radius 3 is 1.12 bits per heavy atom. The summed E-state index contributed by atoms with van der Waals surface area (Å²) in [5, 5.41) is 3.98. The Bertz CT molecular complexity index is 1410. The molecule has 2 N–H and O–H groups in total. The molecule has 2 aliphatic heterocycles. The van der Waals surface area contributed by atoms with Crippen LogP contribution in [0.5, 0.6) is 0 Å². The quantitative estimate of drug-likeness (QED) is 0.346. The standard InChI is InChI=1S/C25H14N4O4S/c30-21-15-9-1-5-13-6-2-10-16(19(13)15)22(31)28(21)26-25(34)27-29-23(32)17-11-3-7-14-8-4-12-18(20(14)17)24(29)33/h1-12H,(H2,26,27,34). The SMILES string of the molecule is O=C1c2cccc3cccc(c23)C(=O)N1NC(=S)NN1C(=O)c2cccc3cccc(c23)C1=O. The van der Waals surface area contributed by atoms with Gasteiger partial charge < -0.3 is 0 Å². The minimum Gasteiger partial charge on any atom is -0.267 e. The maximum absolute atomic E-state index is 13.1. The first-order valence-electron chi connectivity index (χ1n) is 10.3. The lowest BCUT2D eigenvalue weighted by Crippen LogP contribution is -2.59. The number of rotatable bonds is 2. The van der Waals surface area contributed by atoms with Crippen molar-refractivity contribution in [3.63, 3.8) is 0 Å². The molecule has 6 rings (SSSR count). The molecule has 0 aromatic heterocycles.